The van der Waals surface area contributed by atoms with Crippen LogP contribution in [-0.4, -0.2) is 17.2 Å². The molecule has 0 aliphatic rings. The van der Waals surface area contributed by atoms with Gasteiger partial charge in [-0.15, -0.1) is 5.10 Å². The molecule has 0 atom stereocenters. The molecule has 0 spiro atoms. The fraction of sp³-hybridized carbons (Fsp3) is 0.231. The Morgan fingerprint density at radius 3 is 2.72 bits per heavy atom. The first-order valence-electron chi connectivity index (χ1n) is 5.61. The third-order valence-electron chi connectivity index (χ3n) is 2.42. The maximum Gasteiger partial charge on any atom is 0.239 e. The number of rotatable bonds is 4. The number of ether oxygens (including phenoxy) is 1. The van der Waals surface area contributed by atoms with E-state index in [0.29, 0.717) is 12.1 Å². The standard InChI is InChI=1S/C13H14FN3O/c1-9-4-3-5-11(13(9)14)18-12-7-6-10(8-15-2)16-17-12/h3-7,15H,8H2,1-2H3. The Morgan fingerprint density at radius 1 is 1.22 bits per heavy atom. The highest BCUT2D eigenvalue weighted by atomic mass is 19.1. The number of nitrogens with zero attached hydrogens (tertiary/aromatic N) is 2. The van der Waals surface area contributed by atoms with E-state index >= 15 is 0 Å². The van der Waals surface area contributed by atoms with Gasteiger partial charge in [0.05, 0.1) is 5.69 Å². The van der Waals surface area contributed by atoms with Crippen molar-refractivity contribution >= 4 is 0 Å². The van der Waals surface area contributed by atoms with E-state index < -0.39 is 0 Å². The van der Waals surface area contributed by atoms with E-state index in [4.69, 9.17) is 4.74 Å². The van der Waals surface area contributed by atoms with Gasteiger partial charge < -0.3 is 10.1 Å². The summed E-state index contributed by atoms with van der Waals surface area (Å²) in [6.45, 7) is 2.32. The van der Waals surface area contributed by atoms with Crippen LogP contribution in [0, 0.1) is 12.7 Å². The molecule has 1 N–H and O–H groups in total. The van der Waals surface area contributed by atoms with Crippen molar-refractivity contribution < 1.29 is 9.13 Å². The zero-order valence-electron chi connectivity index (χ0n) is 10.3. The Labute approximate surface area is 105 Å². The molecule has 0 saturated carbocycles. The highest BCUT2D eigenvalue weighted by Gasteiger charge is 2.07. The van der Waals surface area contributed by atoms with E-state index in [0.717, 1.165) is 5.69 Å². The Kier molecular flexibility index (Phi) is 3.84. The average Bonchev–Trinajstić information content (AvgIpc) is 2.38. The number of benzene rings is 1. The zero-order valence-corrected chi connectivity index (χ0v) is 10.3. The Hall–Kier alpha value is -2.01. The summed E-state index contributed by atoms with van der Waals surface area (Å²) in [7, 11) is 1.83. The molecule has 0 fully saturated rings. The van der Waals surface area contributed by atoms with Crippen LogP contribution in [0.25, 0.3) is 0 Å². The fourth-order valence-corrected chi connectivity index (χ4v) is 1.49. The zero-order chi connectivity index (χ0) is 13.0. The first-order valence-corrected chi connectivity index (χ1v) is 5.61. The van der Waals surface area contributed by atoms with Crippen molar-refractivity contribution in [3.05, 3.63) is 47.4 Å². The van der Waals surface area contributed by atoms with Crippen LogP contribution in [0.2, 0.25) is 0 Å². The van der Waals surface area contributed by atoms with Crippen LogP contribution in [-0.2, 0) is 6.54 Å². The summed E-state index contributed by atoms with van der Waals surface area (Å²) in [5, 5.41) is 10.8. The molecule has 2 rings (SSSR count). The van der Waals surface area contributed by atoms with Crippen LogP contribution in [0.15, 0.2) is 30.3 Å². The van der Waals surface area contributed by atoms with Gasteiger partial charge in [-0.3, -0.25) is 0 Å². The normalized spacial score (nSPS) is 10.4. The molecule has 94 valence electrons. The first kappa shape index (κ1) is 12.4. The van der Waals surface area contributed by atoms with Crippen molar-refractivity contribution in [2.75, 3.05) is 7.05 Å². The molecule has 0 aliphatic heterocycles. The van der Waals surface area contributed by atoms with E-state index in [2.05, 4.69) is 15.5 Å². The lowest BCUT2D eigenvalue weighted by Gasteiger charge is -2.07. The molecule has 1 aromatic heterocycles. The van der Waals surface area contributed by atoms with Gasteiger partial charge in [0.15, 0.2) is 11.6 Å². The predicted octanol–water partition coefficient (Wildman–Crippen LogP) is 2.44. The molecule has 18 heavy (non-hydrogen) atoms. The number of hydrogen-bond donors (Lipinski definition) is 1. The van der Waals surface area contributed by atoms with E-state index in [1.807, 2.05) is 7.05 Å². The van der Waals surface area contributed by atoms with Crippen LogP contribution >= 0.6 is 0 Å². The summed E-state index contributed by atoms with van der Waals surface area (Å²) >= 11 is 0. The minimum absolute atomic E-state index is 0.158. The van der Waals surface area contributed by atoms with Crippen molar-refractivity contribution in [3.63, 3.8) is 0 Å². The lowest BCUT2D eigenvalue weighted by Crippen LogP contribution is -2.07. The maximum absolute atomic E-state index is 13.7. The topological polar surface area (TPSA) is 47.0 Å². The predicted molar refractivity (Wildman–Crippen MR) is 66.0 cm³/mol. The van der Waals surface area contributed by atoms with Gasteiger partial charge in [-0.25, -0.2) is 4.39 Å². The molecule has 0 amide bonds. The number of halogens is 1. The quantitative estimate of drug-likeness (QED) is 0.901. The van der Waals surface area contributed by atoms with Gasteiger partial charge >= 0.3 is 0 Å². The van der Waals surface area contributed by atoms with Crippen LogP contribution in [0.1, 0.15) is 11.3 Å². The summed E-state index contributed by atoms with van der Waals surface area (Å²) in [4.78, 5) is 0. The molecule has 0 aliphatic carbocycles. The van der Waals surface area contributed by atoms with Crippen molar-refractivity contribution in [1.82, 2.24) is 15.5 Å². The summed E-state index contributed by atoms with van der Waals surface area (Å²) in [6, 6.07) is 8.43. The third kappa shape index (κ3) is 2.81. The first-order chi connectivity index (χ1) is 8.70. The van der Waals surface area contributed by atoms with Gasteiger partial charge in [-0.1, -0.05) is 12.1 Å². The van der Waals surface area contributed by atoms with E-state index in [9.17, 15) is 4.39 Å². The SMILES string of the molecule is CNCc1ccc(Oc2cccc(C)c2F)nn1. The molecule has 0 bridgehead atoms. The molecular weight excluding hydrogens is 233 g/mol. The Balaban J connectivity index is 2.16. The lowest BCUT2D eigenvalue weighted by molar-refractivity contribution is 0.419. The Bertz CT molecular complexity index is 528. The molecule has 1 heterocycles. The molecule has 5 heteroatoms. The second-order valence-electron chi connectivity index (χ2n) is 3.88. The summed E-state index contributed by atoms with van der Waals surface area (Å²) in [5.41, 5.74) is 1.34. The fourth-order valence-electron chi connectivity index (χ4n) is 1.49. The summed E-state index contributed by atoms with van der Waals surface area (Å²) < 4.78 is 19.1. The molecule has 1 aromatic carbocycles. The van der Waals surface area contributed by atoms with E-state index in [1.165, 1.54) is 0 Å². The van der Waals surface area contributed by atoms with Crippen LogP contribution < -0.4 is 10.1 Å². The average molecular weight is 247 g/mol. The van der Waals surface area contributed by atoms with E-state index in [-0.39, 0.29) is 17.4 Å². The molecule has 0 unspecified atom stereocenters. The van der Waals surface area contributed by atoms with Gasteiger partial charge in [0, 0.05) is 12.6 Å². The molecule has 0 saturated heterocycles. The van der Waals surface area contributed by atoms with Gasteiger partial charge in [-0.2, -0.15) is 5.10 Å². The minimum atomic E-state index is -0.376. The van der Waals surface area contributed by atoms with Gasteiger partial charge in [0.2, 0.25) is 5.88 Å². The third-order valence-corrected chi connectivity index (χ3v) is 2.42. The highest BCUT2D eigenvalue weighted by Crippen LogP contribution is 2.24. The number of aromatic nitrogens is 2. The molecule has 4 nitrogen and oxygen atoms in total. The monoisotopic (exact) mass is 247 g/mol. The minimum Gasteiger partial charge on any atom is -0.434 e. The largest absolute Gasteiger partial charge is 0.434 e. The van der Waals surface area contributed by atoms with Crippen LogP contribution in [0.5, 0.6) is 11.6 Å². The van der Waals surface area contributed by atoms with Gasteiger partial charge in [0.25, 0.3) is 0 Å². The number of aryl methyl sites for hydroxylation is 1. The number of nitrogens with one attached hydrogen (secondary N) is 1. The second-order valence-corrected chi connectivity index (χ2v) is 3.88. The summed E-state index contributed by atoms with van der Waals surface area (Å²) in [5.74, 6) is 0.0589. The molecular formula is C13H14FN3O. The van der Waals surface area contributed by atoms with Gasteiger partial charge in [0.1, 0.15) is 0 Å². The van der Waals surface area contributed by atoms with E-state index in [1.54, 1.807) is 37.3 Å². The molecule has 2 aromatic rings. The van der Waals surface area contributed by atoms with Crippen LogP contribution in [0.3, 0.4) is 0 Å². The highest BCUT2D eigenvalue weighted by molar-refractivity contribution is 5.32. The van der Waals surface area contributed by atoms with Crippen molar-refractivity contribution in [3.8, 4) is 11.6 Å². The second kappa shape index (κ2) is 5.55. The summed E-state index contributed by atoms with van der Waals surface area (Å²) in [6.07, 6.45) is 0. The number of hydrogen-bond acceptors (Lipinski definition) is 4. The van der Waals surface area contributed by atoms with Crippen molar-refractivity contribution in [1.29, 1.82) is 0 Å². The maximum atomic E-state index is 13.7. The molecule has 0 radical (unpaired) electrons. The van der Waals surface area contributed by atoms with Crippen LogP contribution in [0.4, 0.5) is 4.39 Å². The Morgan fingerprint density at radius 2 is 2.06 bits per heavy atom. The van der Waals surface area contributed by atoms with Crippen molar-refractivity contribution in [2.45, 2.75) is 13.5 Å². The van der Waals surface area contributed by atoms with Gasteiger partial charge in [-0.05, 0) is 31.7 Å². The smallest absolute Gasteiger partial charge is 0.239 e. The lowest BCUT2D eigenvalue weighted by atomic mass is 10.2. The van der Waals surface area contributed by atoms with Crippen molar-refractivity contribution in [2.24, 2.45) is 0 Å².